The number of hydrogen-bond donors (Lipinski definition) is 1. The van der Waals surface area contributed by atoms with Gasteiger partial charge in [0.1, 0.15) is 0 Å². The number of benzene rings is 1. The molecule has 2 rings (SSSR count). The van der Waals surface area contributed by atoms with Crippen LogP contribution in [0.2, 0.25) is 0 Å². The van der Waals surface area contributed by atoms with E-state index in [0.717, 1.165) is 17.5 Å². The number of hydrogen-bond acceptors (Lipinski definition) is 3. The molecule has 25 heavy (non-hydrogen) atoms. The van der Waals surface area contributed by atoms with Crippen LogP contribution in [0.25, 0.3) is 0 Å². The van der Waals surface area contributed by atoms with Crippen LogP contribution in [0, 0.1) is 5.92 Å². The van der Waals surface area contributed by atoms with Gasteiger partial charge in [0.2, 0.25) is 0 Å². The summed E-state index contributed by atoms with van der Waals surface area (Å²) in [5.74, 6) is 0.0972. The first kappa shape index (κ1) is 19.1. The third kappa shape index (κ3) is 5.98. The summed E-state index contributed by atoms with van der Waals surface area (Å²) in [5.41, 5.74) is 3.32. The maximum Gasteiger partial charge on any atom is 0.317 e. The van der Waals surface area contributed by atoms with Crippen molar-refractivity contribution in [1.82, 2.24) is 0 Å². The third-order valence-corrected chi connectivity index (χ3v) is 4.19. The van der Waals surface area contributed by atoms with Gasteiger partial charge >= 0.3 is 5.97 Å². The van der Waals surface area contributed by atoms with E-state index in [2.05, 4.69) is 26.0 Å². The summed E-state index contributed by atoms with van der Waals surface area (Å²) in [6.07, 6.45) is 5.37. The fraction of sp³-hybridized carbons (Fsp3) is 0.429. The molecule has 2 aromatic rings. The summed E-state index contributed by atoms with van der Waals surface area (Å²) in [7, 11) is 0. The highest BCUT2D eigenvalue weighted by Crippen LogP contribution is 2.18. The van der Waals surface area contributed by atoms with E-state index in [1.165, 1.54) is 5.56 Å². The molecule has 0 amide bonds. The van der Waals surface area contributed by atoms with Gasteiger partial charge in [0, 0.05) is 18.7 Å². The van der Waals surface area contributed by atoms with Crippen molar-refractivity contribution in [3.63, 3.8) is 0 Å². The second kappa shape index (κ2) is 9.33. The number of carbonyl (C=O) groups excluding carboxylic acids is 1. The van der Waals surface area contributed by atoms with Crippen LogP contribution >= 0.6 is 0 Å². The Labute approximate surface area is 150 Å². The zero-order chi connectivity index (χ0) is 18.2. The Morgan fingerprint density at radius 3 is 2.24 bits per heavy atom. The van der Waals surface area contributed by atoms with E-state index in [0.29, 0.717) is 12.3 Å². The summed E-state index contributed by atoms with van der Waals surface area (Å²) in [6.45, 7) is 6.58. The highest BCUT2D eigenvalue weighted by Gasteiger charge is 2.18. The lowest BCUT2D eigenvalue weighted by Gasteiger charge is -2.12. The van der Waals surface area contributed by atoms with Gasteiger partial charge in [-0.2, -0.15) is 4.57 Å². The smallest absolute Gasteiger partial charge is 0.317 e. The van der Waals surface area contributed by atoms with Crippen LogP contribution in [0.3, 0.4) is 0 Å². The van der Waals surface area contributed by atoms with Crippen LogP contribution in [0.1, 0.15) is 43.4 Å². The minimum atomic E-state index is -0.289. The number of carbonyl (C=O) groups is 1. The molecule has 134 valence electrons. The van der Waals surface area contributed by atoms with Crippen molar-refractivity contribution in [3.05, 3.63) is 65.5 Å². The Hall–Kier alpha value is -2.20. The van der Waals surface area contributed by atoms with E-state index in [4.69, 9.17) is 9.84 Å². The predicted molar refractivity (Wildman–Crippen MR) is 96.9 cm³/mol. The number of aliphatic hydroxyl groups is 1. The lowest BCUT2D eigenvalue weighted by Crippen LogP contribution is -2.36. The van der Waals surface area contributed by atoms with Crippen molar-refractivity contribution in [3.8, 4) is 0 Å². The van der Waals surface area contributed by atoms with Gasteiger partial charge in [-0.15, -0.1) is 0 Å². The topological polar surface area (TPSA) is 50.4 Å². The van der Waals surface area contributed by atoms with E-state index in [-0.39, 0.29) is 25.2 Å². The van der Waals surface area contributed by atoms with E-state index < -0.39 is 0 Å². The standard InChI is InChI=1S/C21H28NO3/c1-16(2)14-19-4-6-20(7-5-19)17(3)21(24)25-15-22-11-8-18(9-12-22)10-13-23/h4-9,11-12,16-17,23H,10,13-15H2,1-3H3/q+1/t17-/m0/s1. The molecule has 0 radical (unpaired) electrons. The number of rotatable bonds is 8. The predicted octanol–water partition coefficient (Wildman–Crippen LogP) is 3.01. The Morgan fingerprint density at radius 1 is 1.04 bits per heavy atom. The van der Waals surface area contributed by atoms with Gasteiger partial charge in [0.05, 0.1) is 5.92 Å². The van der Waals surface area contributed by atoms with E-state index in [1.54, 1.807) is 4.57 Å². The molecule has 1 atom stereocenters. The Kier molecular flexibility index (Phi) is 7.14. The molecule has 0 aliphatic heterocycles. The van der Waals surface area contributed by atoms with E-state index in [1.807, 2.05) is 43.6 Å². The molecular weight excluding hydrogens is 314 g/mol. The first-order valence-electron chi connectivity index (χ1n) is 8.84. The summed E-state index contributed by atoms with van der Waals surface area (Å²) in [6, 6.07) is 12.0. The van der Waals surface area contributed by atoms with Crippen LogP contribution in [0.4, 0.5) is 0 Å². The molecule has 4 heteroatoms. The number of aliphatic hydroxyl groups excluding tert-OH is 1. The second-order valence-electron chi connectivity index (χ2n) is 6.85. The normalized spacial score (nSPS) is 12.2. The maximum atomic E-state index is 12.3. The minimum Gasteiger partial charge on any atom is -0.404 e. The molecule has 1 heterocycles. The van der Waals surface area contributed by atoms with Crippen molar-refractivity contribution in [1.29, 1.82) is 0 Å². The lowest BCUT2D eigenvalue weighted by atomic mass is 9.97. The Bertz CT molecular complexity index is 663. The lowest BCUT2D eigenvalue weighted by molar-refractivity contribution is -0.727. The first-order chi connectivity index (χ1) is 12.0. The molecule has 0 bridgehead atoms. The molecule has 1 aromatic heterocycles. The molecule has 1 N–H and O–H groups in total. The van der Waals surface area contributed by atoms with Crippen molar-refractivity contribution in [2.24, 2.45) is 5.92 Å². The van der Waals surface area contributed by atoms with E-state index in [9.17, 15) is 4.79 Å². The van der Waals surface area contributed by atoms with Crippen LogP contribution in [0.5, 0.6) is 0 Å². The summed E-state index contributed by atoms with van der Waals surface area (Å²) >= 11 is 0. The summed E-state index contributed by atoms with van der Waals surface area (Å²) in [5, 5.41) is 8.92. The largest absolute Gasteiger partial charge is 0.404 e. The van der Waals surface area contributed by atoms with Gasteiger partial charge in [-0.3, -0.25) is 4.79 Å². The van der Waals surface area contributed by atoms with Gasteiger partial charge in [-0.05, 0) is 42.4 Å². The zero-order valence-electron chi connectivity index (χ0n) is 15.3. The Morgan fingerprint density at radius 2 is 1.68 bits per heavy atom. The van der Waals surface area contributed by atoms with Crippen LogP contribution < -0.4 is 4.57 Å². The van der Waals surface area contributed by atoms with Crippen molar-refractivity contribution >= 4 is 5.97 Å². The van der Waals surface area contributed by atoms with Gasteiger partial charge < -0.3 is 9.84 Å². The number of aromatic nitrogens is 1. The monoisotopic (exact) mass is 342 g/mol. The number of nitrogens with zero attached hydrogens (tertiary/aromatic N) is 1. The molecule has 0 unspecified atom stereocenters. The van der Waals surface area contributed by atoms with Crippen LogP contribution in [-0.2, 0) is 29.1 Å². The van der Waals surface area contributed by atoms with Crippen molar-refractivity contribution in [2.75, 3.05) is 6.61 Å². The molecule has 0 aliphatic rings. The fourth-order valence-corrected chi connectivity index (χ4v) is 2.68. The third-order valence-electron chi connectivity index (χ3n) is 4.19. The average Bonchev–Trinajstić information content (AvgIpc) is 2.60. The highest BCUT2D eigenvalue weighted by atomic mass is 16.5. The molecule has 0 saturated carbocycles. The number of ether oxygens (including phenoxy) is 1. The fourth-order valence-electron chi connectivity index (χ4n) is 2.68. The SMILES string of the molecule is CC(C)Cc1ccc([C@H](C)C(=O)OC[n+]2ccc(CCO)cc2)cc1. The van der Waals surface area contributed by atoms with Crippen LogP contribution in [0.15, 0.2) is 48.8 Å². The zero-order valence-corrected chi connectivity index (χ0v) is 15.3. The molecule has 0 aliphatic carbocycles. The maximum absolute atomic E-state index is 12.3. The van der Waals surface area contributed by atoms with E-state index >= 15 is 0 Å². The average molecular weight is 342 g/mol. The molecule has 4 nitrogen and oxygen atoms in total. The quantitative estimate of drug-likeness (QED) is 0.593. The summed E-state index contributed by atoms with van der Waals surface area (Å²) in [4.78, 5) is 12.3. The van der Waals surface area contributed by atoms with Gasteiger partial charge in [0.15, 0.2) is 12.4 Å². The molecular formula is C21H28NO3+. The second-order valence-corrected chi connectivity index (χ2v) is 6.85. The van der Waals surface area contributed by atoms with Gasteiger partial charge in [-0.1, -0.05) is 38.1 Å². The van der Waals surface area contributed by atoms with Gasteiger partial charge in [-0.25, -0.2) is 0 Å². The molecule has 0 spiro atoms. The number of pyridine rings is 1. The molecule has 1 aromatic carbocycles. The van der Waals surface area contributed by atoms with Gasteiger partial charge in [0.25, 0.3) is 6.73 Å². The van der Waals surface area contributed by atoms with Crippen LogP contribution in [-0.4, -0.2) is 17.7 Å². The Balaban J connectivity index is 1.89. The van der Waals surface area contributed by atoms with Crippen molar-refractivity contribution < 1.29 is 19.2 Å². The minimum absolute atomic E-state index is 0.131. The first-order valence-corrected chi connectivity index (χ1v) is 8.84. The molecule has 0 saturated heterocycles. The molecule has 0 fully saturated rings. The summed E-state index contributed by atoms with van der Waals surface area (Å²) < 4.78 is 7.22. The van der Waals surface area contributed by atoms with Crippen molar-refractivity contribution in [2.45, 2.75) is 46.3 Å². The number of esters is 1. The highest BCUT2D eigenvalue weighted by molar-refractivity contribution is 5.77.